The summed E-state index contributed by atoms with van der Waals surface area (Å²) in [7, 11) is 0. The Balaban J connectivity index is 1.35. The Hall–Kier alpha value is -3.86. The van der Waals surface area contributed by atoms with Gasteiger partial charge >= 0.3 is 0 Å². The molecule has 2 aromatic heterocycles. The van der Waals surface area contributed by atoms with E-state index in [1.807, 2.05) is 30.3 Å². The van der Waals surface area contributed by atoms with Crippen molar-refractivity contribution in [1.29, 1.82) is 0 Å². The SMILES string of the molecule is Cc1[nH]nc(C(=O)NNC(=O)c2ccc(Cn3nnc(-c4ccccc4)n3)cc2)c1Br. The number of aromatic amines is 1. The molecular formula is C20H17BrN8O2. The van der Waals surface area contributed by atoms with Crippen molar-refractivity contribution in [3.63, 3.8) is 0 Å². The van der Waals surface area contributed by atoms with E-state index in [2.05, 4.69) is 52.4 Å². The standard InChI is InChI=1S/C20H17BrN8O2/c1-12-16(21)17(23-22-12)20(31)26-25-19(30)15-9-7-13(8-10-15)11-29-27-18(24-28-29)14-5-3-2-4-6-14/h2-10H,11H2,1H3,(H,22,23)(H,25,30)(H,26,31). The molecule has 31 heavy (non-hydrogen) atoms. The molecule has 4 rings (SSSR count). The van der Waals surface area contributed by atoms with Gasteiger partial charge in [0.1, 0.15) is 0 Å². The van der Waals surface area contributed by atoms with Gasteiger partial charge in [-0.05, 0) is 45.8 Å². The highest BCUT2D eigenvalue weighted by atomic mass is 79.9. The second-order valence-corrected chi connectivity index (χ2v) is 7.42. The molecule has 0 bridgehead atoms. The third-order valence-electron chi connectivity index (χ3n) is 4.40. The predicted molar refractivity (Wildman–Crippen MR) is 115 cm³/mol. The average molecular weight is 481 g/mol. The van der Waals surface area contributed by atoms with E-state index in [-0.39, 0.29) is 5.69 Å². The first-order valence-corrected chi connectivity index (χ1v) is 10.0. The van der Waals surface area contributed by atoms with Gasteiger partial charge in [-0.25, -0.2) is 0 Å². The minimum absolute atomic E-state index is 0.156. The quantitative estimate of drug-likeness (QED) is 0.375. The minimum Gasteiger partial charge on any atom is -0.281 e. The topological polar surface area (TPSA) is 130 Å². The molecule has 0 saturated heterocycles. The van der Waals surface area contributed by atoms with Gasteiger partial charge in [-0.1, -0.05) is 42.5 Å². The number of aromatic nitrogens is 6. The van der Waals surface area contributed by atoms with Gasteiger partial charge in [0.05, 0.1) is 11.0 Å². The number of nitrogens with one attached hydrogen (secondary N) is 3. The number of carbonyl (C=O) groups excluding carboxylic acids is 2. The lowest BCUT2D eigenvalue weighted by molar-refractivity contribution is 0.0843. The highest BCUT2D eigenvalue weighted by molar-refractivity contribution is 9.10. The Labute approximate surface area is 185 Å². The first-order chi connectivity index (χ1) is 15.0. The molecule has 0 unspecified atom stereocenters. The van der Waals surface area contributed by atoms with Crippen LogP contribution in [0.5, 0.6) is 0 Å². The van der Waals surface area contributed by atoms with Crippen molar-refractivity contribution >= 4 is 27.7 Å². The van der Waals surface area contributed by atoms with Gasteiger partial charge in [-0.15, -0.1) is 10.2 Å². The molecule has 0 radical (unpaired) electrons. The minimum atomic E-state index is -0.535. The summed E-state index contributed by atoms with van der Waals surface area (Å²) in [5.74, 6) is -0.438. The molecule has 2 amide bonds. The van der Waals surface area contributed by atoms with Crippen LogP contribution in [0.1, 0.15) is 32.1 Å². The van der Waals surface area contributed by atoms with Crippen molar-refractivity contribution in [2.75, 3.05) is 0 Å². The number of nitrogens with zero attached hydrogens (tertiary/aromatic N) is 5. The van der Waals surface area contributed by atoms with Crippen LogP contribution in [0, 0.1) is 6.92 Å². The van der Waals surface area contributed by atoms with Crippen LogP contribution in [0.25, 0.3) is 11.4 Å². The first-order valence-electron chi connectivity index (χ1n) is 9.24. The van der Waals surface area contributed by atoms with Crippen LogP contribution in [0.2, 0.25) is 0 Å². The van der Waals surface area contributed by atoms with Crippen molar-refractivity contribution in [2.24, 2.45) is 0 Å². The second-order valence-electron chi connectivity index (χ2n) is 6.63. The highest BCUT2D eigenvalue weighted by Crippen LogP contribution is 2.17. The Morgan fingerprint density at radius 2 is 1.74 bits per heavy atom. The summed E-state index contributed by atoms with van der Waals surface area (Å²) >= 11 is 3.27. The normalized spacial score (nSPS) is 10.6. The molecule has 0 aliphatic carbocycles. The van der Waals surface area contributed by atoms with Crippen LogP contribution in [0.4, 0.5) is 0 Å². The Morgan fingerprint density at radius 1 is 1.03 bits per heavy atom. The summed E-state index contributed by atoms with van der Waals surface area (Å²) in [6, 6.07) is 16.5. The van der Waals surface area contributed by atoms with E-state index in [4.69, 9.17) is 0 Å². The number of halogens is 1. The van der Waals surface area contributed by atoms with E-state index in [1.165, 1.54) is 4.80 Å². The maximum Gasteiger partial charge on any atom is 0.291 e. The molecule has 2 aromatic carbocycles. The van der Waals surface area contributed by atoms with E-state index in [0.717, 1.165) is 11.1 Å². The molecule has 10 nitrogen and oxygen atoms in total. The van der Waals surface area contributed by atoms with Crippen LogP contribution in [-0.2, 0) is 6.54 Å². The van der Waals surface area contributed by atoms with E-state index < -0.39 is 11.8 Å². The van der Waals surface area contributed by atoms with Crippen molar-refractivity contribution in [1.82, 2.24) is 41.3 Å². The third-order valence-corrected chi connectivity index (χ3v) is 5.37. The number of hydrazine groups is 1. The zero-order valence-corrected chi connectivity index (χ0v) is 17.9. The third kappa shape index (κ3) is 4.67. The molecule has 4 aromatic rings. The summed E-state index contributed by atoms with van der Waals surface area (Å²) < 4.78 is 0.542. The summed E-state index contributed by atoms with van der Waals surface area (Å²) in [6.07, 6.45) is 0. The number of tetrazole rings is 1. The summed E-state index contributed by atoms with van der Waals surface area (Å²) in [4.78, 5) is 25.9. The lowest BCUT2D eigenvalue weighted by atomic mass is 10.1. The molecular weight excluding hydrogens is 464 g/mol. The number of amides is 2. The second kappa shape index (κ2) is 8.88. The number of rotatable bonds is 5. The smallest absolute Gasteiger partial charge is 0.281 e. The zero-order valence-electron chi connectivity index (χ0n) is 16.3. The maximum absolute atomic E-state index is 12.3. The maximum atomic E-state index is 12.3. The molecule has 0 atom stereocenters. The molecule has 0 aliphatic rings. The van der Waals surface area contributed by atoms with E-state index in [1.54, 1.807) is 31.2 Å². The van der Waals surface area contributed by atoms with Crippen molar-refractivity contribution in [3.05, 3.63) is 81.6 Å². The monoisotopic (exact) mass is 480 g/mol. The molecule has 2 heterocycles. The van der Waals surface area contributed by atoms with Crippen molar-refractivity contribution in [3.8, 4) is 11.4 Å². The molecule has 0 aliphatic heterocycles. The van der Waals surface area contributed by atoms with Gasteiger partial charge in [0, 0.05) is 16.8 Å². The number of H-pyrrole nitrogens is 1. The Kier molecular flexibility index (Phi) is 5.85. The lowest BCUT2D eigenvalue weighted by Crippen LogP contribution is -2.41. The van der Waals surface area contributed by atoms with E-state index in [0.29, 0.717) is 28.1 Å². The Bertz CT molecular complexity index is 1220. The Morgan fingerprint density at radius 3 is 2.42 bits per heavy atom. The van der Waals surface area contributed by atoms with Crippen LogP contribution in [0.3, 0.4) is 0 Å². The van der Waals surface area contributed by atoms with Crippen molar-refractivity contribution in [2.45, 2.75) is 13.5 Å². The number of aryl methyl sites for hydroxylation is 1. The van der Waals surface area contributed by atoms with Gasteiger partial charge in [0.15, 0.2) is 5.69 Å². The highest BCUT2D eigenvalue weighted by Gasteiger charge is 2.16. The number of hydrogen-bond donors (Lipinski definition) is 3. The fourth-order valence-electron chi connectivity index (χ4n) is 2.75. The van der Waals surface area contributed by atoms with Gasteiger partial charge < -0.3 is 0 Å². The molecule has 0 saturated carbocycles. The lowest BCUT2D eigenvalue weighted by Gasteiger charge is -2.07. The predicted octanol–water partition coefficient (Wildman–Crippen LogP) is 2.26. The summed E-state index contributed by atoms with van der Waals surface area (Å²) in [5, 5.41) is 19.1. The van der Waals surface area contributed by atoms with Gasteiger partial charge in [0.2, 0.25) is 5.82 Å². The van der Waals surface area contributed by atoms with Crippen LogP contribution >= 0.6 is 15.9 Å². The number of carbonyl (C=O) groups is 2. The average Bonchev–Trinajstić information content (AvgIpc) is 3.40. The molecule has 3 N–H and O–H groups in total. The van der Waals surface area contributed by atoms with Crippen LogP contribution < -0.4 is 10.9 Å². The molecule has 11 heteroatoms. The largest absolute Gasteiger partial charge is 0.291 e. The van der Waals surface area contributed by atoms with Gasteiger partial charge in [-0.2, -0.15) is 9.90 Å². The zero-order chi connectivity index (χ0) is 21.8. The van der Waals surface area contributed by atoms with Crippen molar-refractivity contribution < 1.29 is 9.59 Å². The van der Waals surface area contributed by atoms with Gasteiger partial charge in [-0.3, -0.25) is 25.5 Å². The molecule has 0 fully saturated rings. The molecule has 0 spiro atoms. The van der Waals surface area contributed by atoms with Crippen LogP contribution in [-0.4, -0.2) is 42.2 Å². The fourth-order valence-corrected chi connectivity index (χ4v) is 3.11. The number of benzene rings is 2. The van der Waals surface area contributed by atoms with E-state index in [9.17, 15) is 9.59 Å². The fraction of sp³-hybridized carbons (Fsp3) is 0.100. The summed E-state index contributed by atoms with van der Waals surface area (Å²) in [6.45, 7) is 2.18. The molecule has 156 valence electrons. The van der Waals surface area contributed by atoms with E-state index >= 15 is 0 Å². The van der Waals surface area contributed by atoms with Crippen LogP contribution in [0.15, 0.2) is 59.1 Å². The number of hydrogen-bond acceptors (Lipinski definition) is 6. The summed E-state index contributed by atoms with van der Waals surface area (Å²) in [5.41, 5.74) is 7.75. The van der Waals surface area contributed by atoms with Gasteiger partial charge in [0.25, 0.3) is 11.8 Å². The first kappa shape index (κ1) is 20.4.